The number of likely N-dealkylation sites (N-methyl/N-ethyl adjacent to an activating group) is 1. The fourth-order valence-corrected chi connectivity index (χ4v) is 4.83. The Balaban J connectivity index is 2.11. The number of carbonyl (C=O) groups excluding carboxylic acids is 1. The van der Waals surface area contributed by atoms with Crippen LogP contribution in [0.1, 0.15) is 6.92 Å². The van der Waals surface area contributed by atoms with Gasteiger partial charge in [0.1, 0.15) is 4.90 Å². The molecule has 0 saturated carbocycles. The predicted octanol–water partition coefficient (Wildman–Crippen LogP) is 1.78. The Labute approximate surface area is 153 Å². The number of amides is 1. The molecule has 1 aromatic rings. The van der Waals surface area contributed by atoms with E-state index in [4.69, 9.17) is 23.2 Å². The molecule has 9 heteroatoms. The molecule has 1 aliphatic rings. The summed E-state index contributed by atoms with van der Waals surface area (Å²) in [5.74, 6) is 0.00388. The highest BCUT2D eigenvalue weighted by atomic mass is 35.5. The minimum absolute atomic E-state index is 0.00388. The third-order valence-electron chi connectivity index (χ3n) is 4.13. The van der Waals surface area contributed by atoms with Gasteiger partial charge in [-0.2, -0.15) is 4.31 Å². The van der Waals surface area contributed by atoms with Crippen molar-refractivity contribution in [1.82, 2.24) is 14.1 Å². The van der Waals surface area contributed by atoms with Gasteiger partial charge in [0, 0.05) is 45.3 Å². The van der Waals surface area contributed by atoms with E-state index in [9.17, 15) is 13.2 Å². The van der Waals surface area contributed by atoms with Crippen LogP contribution in [-0.2, 0) is 14.8 Å². The number of carbonyl (C=O) groups is 1. The lowest BCUT2D eigenvalue weighted by Crippen LogP contribution is -2.54. The van der Waals surface area contributed by atoms with Gasteiger partial charge in [-0.05, 0) is 25.1 Å². The molecule has 1 aliphatic heterocycles. The Morgan fingerprint density at radius 3 is 2.29 bits per heavy atom. The van der Waals surface area contributed by atoms with Gasteiger partial charge in [-0.1, -0.05) is 23.2 Å². The van der Waals surface area contributed by atoms with Crippen LogP contribution in [0.15, 0.2) is 23.1 Å². The molecule has 2 rings (SSSR count). The molecule has 0 bridgehead atoms. The van der Waals surface area contributed by atoms with E-state index in [1.54, 1.807) is 25.1 Å². The lowest BCUT2D eigenvalue weighted by molar-refractivity contribution is -0.134. The highest BCUT2D eigenvalue weighted by molar-refractivity contribution is 7.89. The van der Waals surface area contributed by atoms with Gasteiger partial charge < -0.3 is 4.90 Å². The summed E-state index contributed by atoms with van der Waals surface area (Å²) in [5, 5.41) is 0.472. The van der Waals surface area contributed by atoms with Crippen molar-refractivity contribution in [3.8, 4) is 0 Å². The highest BCUT2D eigenvalue weighted by Gasteiger charge is 2.33. The molecule has 1 atom stereocenters. The first-order chi connectivity index (χ1) is 11.1. The van der Waals surface area contributed by atoms with Crippen LogP contribution >= 0.6 is 23.2 Å². The minimum Gasteiger partial charge on any atom is -0.347 e. The van der Waals surface area contributed by atoms with Crippen LogP contribution in [0.2, 0.25) is 10.0 Å². The van der Waals surface area contributed by atoms with E-state index in [0.717, 1.165) is 0 Å². The third kappa shape index (κ3) is 4.03. The van der Waals surface area contributed by atoms with Gasteiger partial charge in [0.15, 0.2) is 0 Å². The zero-order valence-corrected chi connectivity index (χ0v) is 16.2. The monoisotopic (exact) mass is 393 g/mol. The first kappa shape index (κ1) is 19.5. The summed E-state index contributed by atoms with van der Waals surface area (Å²) >= 11 is 11.9. The van der Waals surface area contributed by atoms with Gasteiger partial charge in [-0.3, -0.25) is 9.69 Å². The summed E-state index contributed by atoms with van der Waals surface area (Å²) in [6.45, 7) is 3.41. The van der Waals surface area contributed by atoms with Crippen LogP contribution in [0.4, 0.5) is 0 Å². The smallest absolute Gasteiger partial charge is 0.244 e. The van der Waals surface area contributed by atoms with Gasteiger partial charge >= 0.3 is 0 Å². The van der Waals surface area contributed by atoms with E-state index in [0.29, 0.717) is 31.2 Å². The van der Waals surface area contributed by atoms with Crippen molar-refractivity contribution >= 4 is 39.1 Å². The second-order valence-electron chi connectivity index (χ2n) is 5.92. The molecule has 0 radical (unpaired) electrons. The molecule has 6 nitrogen and oxygen atoms in total. The number of benzene rings is 1. The predicted molar refractivity (Wildman–Crippen MR) is 94.9 cm³/mol. The number of sulfonamides is 1. The maximum atomic E-state index is 12.8. The molecule has 0 unspecified atom stereocenters. The Kier molecular flexibility index (Phi) is 6.14. The summed E-state index contributed by atoms with van der Waals surface area (Å²) in [6.07, 6.45) is 0. The number of nitrogens with zero attached hydrogens (tertiary/aromatic N) is 3. The standard InChI is InChI=1S/C15H21Cl2N3O3S/c1-11(15(21)18(2)3)19-6-8-20(9-7-19)24(22,23)14-10-12(16)4-5-13(14)17/h4-5,10-11H,6-9H2,1-3H3/t11-/m1/s1. The SMILES string of the molecule is C[C@H](C(=O)N(C)C)N1CCN(S(=O)(=O)c2cc(Cl)ccc2Cl)CC1. The lowest BCUT2D eigenvalue weighted by atomic mass is 10.2. The second kappa shape index (κ2) is 7.58. The lowest BCUT2D eigenvalue weighted by Gasteiger charge is -2.37. The zero-order valence-electron chi connectivity index (χ0n) is 13.9. The van der Waals surface area contributed by atoms with Crippen molar-refractivity contribution in [2.75, 3.05) is 40.3 Å². The fraction of sp³-hybridized carbons (Fsp3) is 0.533. The zero-order chi connectivity index (χ0) is 18.1. The molecule has 1 heterocycles. The van der Waals surface area contributed by atoms with E-state index >= 15 is 0 Å². The summed E-state index contributed by atoms with van der Waals surface area (Å²) < 4.78 is 26.9. The van der Waals surface area contributed by atoms with Crippen LogP contribution in [0.5, 0.6) is 0 Å². The summed E-state index contributed by atoms with van der Waals surface area (Å²) in [7, 11) is -0.288. The molecule has 0 spiro atoms. The molecule has 0 aromatic heterocycles. The molecular weight excluding hydrogens is 373 g/mol. The second-order valence-corrected chi connectivity index (χ2v) is 8.67. The summed E-state index contributed by atoms with van der Waals surface area (Å²) in [5.41, 5.74) is 0. The molecule has 1 fully saturated rings. The summed E-state index contributed by atoms with van der Waals surface area (Å²) in [6, 6.07) is 4.11. The van der Waals surface area contributed by atoms with Crippen molar-refractivity contribution in [1.29, 1.82) is 0 Å². The molecule has 1 aromatic carbocycles. The number of rotatable bonds is 4. The van der Waals surface area contributed by atoms with Crippen LogP contribution in [0.25, 0.3) is 0 Å². The maximum Gasteiger partial charge on any atom is 0.244 e. The van der Waals surface area contributed by atoms with Crippen molar-refractivity contribution in [3.05, 3.63) is 28.2 Å². The Bertz CT molecular complexity index is 717. The van der Waals surface area contributed by atoms with Crippen molar-refractivity contribution in [3.63, 3.8) is 0 Å². The minimum atomic E-state index is -3.71. The first-order valence-corrected chi connectivity index (χ1v) is 9.74. The molecule has 134 valence electrons. The van der Waals surface area contributed by atoms with Crippen molar-refractivity contribution < 1.29 is 13.2 Å². The van der Waals surface area contributed by atoms with E-state index in [-0.39, 0.29) is 21.9 Å². The quantitative estimate of drug-likeness (QED) is 0.781. The van der Waals surface area contributed by atoms with Crippen LogP contribution < -0.4 is 0 Å². The van der Waals surface area contributed by atoms with Crippen molar-refractivity contribution in [2.24, 2.45) is 0 Å². The average Bonchev–Trinajstić information content (AvgIpc) is 2.55. The average molecular weight is 394 g/mol. The van der Waals surface area contributed by atoms with E-state index in [1.165, 1.54) is 16.4 Å². The van der Waals surface area contributed by atoms with E-state index in [1.807, 2.05) is 11.8 Å². The van der Waals surface area contributed by atoms with Crippen LogP contribution in [-0.4, -0.2) is 74.7 Å². The van der Waals surface area contributed by atoms with Gasteiger partial charge in [0.05, 0.1) is 11.1 Å². The Hall–Kier alpha value is -0.860. The van der Waals surface area contributed by atoms with Gasteiger partial charge in [-0.25, -0.2) is 8.42 Å². The number of piperazine rings is 1. The Morgan fingerprint density at radius 1 is 1.17 bits per heavy atom. The molecule has 1 amide bonds. The molecular formula is C15H21Cl2N3O3S. The maximum absolute atomic E-state index is 12.8. The van der Waals surface area contributed by atoms with Gasteiger partial charge in [0.25, 0.3) is 0 Å². The van der Waals surface area contributed by atoms with Crippen molar-refractivity contribution in [2.45, 2.75) is 17.9 Å². The van der Waals surface area contributed by atoms with Crippen LogP contribution in [0.3, 0.4) is 0 Å². The Morgan fingerprint density at radius 2 is 1.75 bits per heavy atom. The molecule has 24 heavy (non-hydrogen) atoms. The molecule has 0 aliphatic carbocycles. The van der Waals surface area contributed by atoms with Gasteiger partial charge in [-0.15, -0.1) is 0 Å². The van der Waals surface area contributed by atoms with E-state index < -0.39 is 10.0 Å². The third-order valence-corrected chi connectivity index (χ3v) is 6.75. The fourth-order valence-electron chi connectivity index (χ4n) is 2.68. The molecule has 1 saturated heterocycles. The first-order valence-electron chi connectivity index (χ1n) is 7.55. The normalized spacial score (nSPS) is 18.4. The molecule has 0 N–H and O–H groups in total. The van der Waals surface area contributed by atoms with Crippen LogP contribution in [0, 0.1) is 0 Å². The number of halogens is 2. The van der Waals surface area contributed by atoms with Gasteiger partial charge in [0.2, 0.25) is 15.9 Å². The summed E-state index contributed by atoms with van der Waals surface area (Å²) in [4.78, 5) is 15.6. The largest absolute Gasteiger partial charge is 0.347 e. The number of hydrogen-bond donors (Lipinski definition) is 0. The number of hydrogen-bond acceptors (Lipinski definition) is 4. The topological polar surface area (TPSA) is 60.9 Å². The highest BCUT2D eigenvalue weighted by Crippen LogP contribution is 2.28. The van der Waals surface area contributed by atoms with E-state index in [2.05, 4.69) is 0 Å².